The van der Waals surface area contributed by atoms with Gasteiger partial charge in [0.1, 0.15) is 11.5 Å². The third kappa shape index (κ3) is 5.51. The Bertz CT molecular complexity index is 718. The molecule has 2 aromatic rings. The highest BCUT2D eigenvalue weighted by Crippen LogP contribution is 2.20. The number of hydrogen-bond acceptors (Lipinski definition) is 4. The van der Waals surface area contributed by atoms with Crippen LogP contribution in [0.5, 0.6) is 5.75 Å². The number of aromatic nitrogens is 1. The summed E-state index contributed by atoms with van der Waals surface area (Å²) in [5.74, 6) is 2.62. The van der Waals surface area contributed by atoms with Crippen LogP contribution in [-0.2, 0) is 13.0 Å². The predicted octanol–water partition coefficient (Wildman–Crippen LogP) is 3.30. The molecule has 1 heterocycles. The average molecular weight is 358 g/mol. The van der Waals surface area contributed by atoms with Crippen molar-refractivity contribution < 1.29 is 9.26 Å². The molecular formula is C20H30N4O2. The number of ether oxygens (including phenoxy) is 1. The topological polar surface area (TPSA) is 71.7 Å². The summed E-state index contributed by atoms with van der Waals surface area (Å²) in [5.41, 5.74) is 4.50. The van der Waals surface area contributed by atoms with E-state index in [2.05, 4.69) is 45.9 Å². The highest BCUT2D eigenvalue weighted by Gasteiger charge is 2.09. The molecule has 0 amide bonds. The molecule has 6 heteroatoms. The third-order valence-corrected chi connectivity index (χ3v) is 4.27. The lowest BCUT2D eigenvalue weighted by Gasteiger charge is -2.15. The van der Waals surface area contributed by atoms with Crippen molar-refractivity contribution >= 4 is 5.96 Å². The zero-order chi connectivity index (χ0) is 18.9. The molecule has 26 heavy (non-hydrogen) atoms. The molecule has 0 spiro atoms. The van der Waals surface area contributed by atoms with Gasteiger partial charge < -0.3 is 19.9 Å². The maximum atomic E-state index is 5.73. The fraction of sp³-hybridized carbons (Fsp3) is 0.500. The van der Waals surface area contributed by atoms with E-state index in [0.29, 0.717) is 13.2 Å². The van der Waals surface area contributed by atoms with Gasteiger partial charge in [-0.15, -0.1) is 0 Å². The van der Waals surface area contributed by atoms with Gasteiger partial charge in [0.25, 0.3) is 0 Å². The summed E-state index contributed by atoms with van der Waals surface area (Å²) < 4.78 is 10.9. The molecule has 0 radical (unpaired) electrons. The van der Waals surface area contributed by atoms with E-state index in [1.807, 2.05) is 20.8 Å². The Morgan fingerprint density at radius 2 is 2.04 bits per heavy atom. The Kier molecular flexibility index (Phi) is 7.51. The van der Waals surface area contributed by atoms with Gasteiger partial charge in [-0.25, -0.2) is 0 Å². The van der Waals surface area contributed by atoms with Crippen LogP contribution >= 0.6 is 0 Å². The Balaban J connectivity index is 1.81. The predicted molar refractivity (Wildman–Crippen MR) is 105 cm³/mol. The molecule has 142 valence electrons. The molecule has 6 nitrogen and oxygen atoms in total. The van der Waals surface area contributed by atoms with Gasteiger partial charge in [0.2, 0.25) is 0 Å². The molecule has 0 aliphatic rings. The van der Waals surface area contributed by atoms with Crippen molar-refractivity contribution in [2.75, 3.05) is 20.2 Å². The molecule has 0 saturated heterocycles. The Morgan fingerprint density at radius 1 is 1.23 bits per heavy atom. The summed E-state index contributed by atoms with van der Waals surface area (Å²) in [6.45, 7) is 10.2. The first-order chi connectivity index (χ1) is 12.5. The molecule has 2 rings (SSSR count). The van der Waals surface area contributed by atoms with E-state index in [9.17, 15) is 0 Å². The van der Waals surface area contributed by atoms with Crippen molar-refractivity contribution in [3.8, 4) is 5.75 Å². The van der Waals surface area contributed by atoms with Crippen LogP contribution in [0.15, 0.2) is 27.7 Å². The van der Waals surface area contributed by atoms with Crippen LogP contribution in [-0.4, -0.2) is 31.3 Å². The minimum atomic E-state index is 0.658. The standard InChI is InChI=1S/C20H30N4O2/c1-6-25-19-12-14(2)9-10-17(19)13-23-20(21-5)22-11-7-8-18-15(3)24-26-16(18)4/h9-10,12H,6-8,11,13H2,1-5H3,(H2,21,22,23). The second-order valence-electron chi connectivity index (χ2n) is 6.30. The minimum Gasteiger partial charge on any atom is -0.494 e. The van der Waals surface area contributed by atoms with E-state index in [-0.39, 0.29) is 0 Å². The molecule has 1 aromatic carbocycles. The van der Waals surface area contributed by atoms with Crippen LogP contribution in [0.2, 0.25) is 0 Å². The molecule has 1 aromatic heterocycles. The maximum absolute atomic E-state index is 5.73. The van der Waals surface area contributed by atoms with Crippen LogP contribution in [0.3, 0.4) is 0 Å². The number of hydrogen-bond donors (Lipinski definition) is 2. The van der Waals surface area contributed by atoms with E-state index < -0.39 is 0 Å². The van der Waals surface area contributed by atoms with Gasteiger partial charge in [0.05, 0.1) is 12.3 Å². The maximum Gasteiger partial charge on any atom is 0.191 e. The number of nitrogens with zero attached hydrogens (tertiary/aromatic N) is 2. The lowest BCUT2D eigenvalue weighted by atomic mass is 10.1. The first-order valence-electron chi connectivity index (χ1n) is 9.13. The smallest absolute Gasteiger partial charge is 0.191 e. The van der Waals surface area contributed by atoms with E-state index in [1.165, 1.54) is 11.1 Å². The van der Waals surface area contributed by atoms with Crippen molar-refractivity contribution in [3.05, 3.63) is 46.3 Å². The summed E-state index contributed by atoms with van der Waals surface area (Å²) in [4.78, 5) is 4.29. The number of benzene rings is 1. The quantitative estimate of drug-likeness (QED) is 0.430. The first-order valence-corrected chi connectivity index (χ1v) is 9.13. The molecule has 0 atom stereocenters. The van der Waals surface area contributed by atoms with Gasteiger partial charge in [-0.1, -0.05) is 17.3 Å². The Morgan fingerprint density at radius 3 is 2.69 bits per heavy atom. The first kappa shape index (κ1) is 19.8. The van der Waals surface area contributed by atoms with Gasteiger partial charge in [0, 0.05) is 31.3 Å². The van der Waals surface area contributed by atoms with Gasteiger partial charge in [-0.05, 0) is 52.2 Å². The van der Waals surface area contributed by atoms with Crippen molar-refractivity contribution in [2.24, 2.45) is 4.99 Å². The molecule has 0 saturated carbocycles. The number of nitrogens with one attached hydrogen (secondary N) is 2. The lowest BCUT2D eigenvalue weighted by molar-refractivity contribution is 0.336. The number of guanidine groups is 1. The van der Waals surface area contributed by atoms with Crippen LogP contribution in [0.25, 0.3) is 0 Å². The van der Waals surface area contributed by atoms with E-state index in [0.717, 1.165) is 48.1 Å². The van der Waals surface area contributed by atoms with Crippen LogP contribution in [0.4, 0.5) is 0 Å². The fourth-order valence-corrected chi connectivity index (χ4v) is 2.83. The normalized spacial score (nSPS) is 11.5. The fourth-order valence-electron chi connectivity index (χ4n) is 2.83. The second kappa shape index (κ2) is 9.85. The molecule has 2 N–H and O–H groups in total. The zero-order valence-electron chi connectivity index (χ0n) is 16.5. The van der Waals surface area contributed by atoms with Crippen molar-refractivity contribution in [1.82, 2.24) is 15.8 Å². The van der Waals surface area contributed by atoms with Crippen LogP contribution in [0, 0.1) is 20.8 Å². The summed E-state index contributed by atoms with van der Waals surface area (Å²) in [5, 5.41) is 10.7. The highest BCUT2D eigenvalue weighted by molar-refractivity contribution is 5.79. The van der Waals surface area contributed by atoms with E-state index >= 15 is 0 Å². The number of aliphatic imine (C=N–C) groups is 1. The van der Waals surface area contributed by atoms with Crippen LogP contribution < -0.4 is 15.4 Å². The molecule has 0 bridgehead atoms. The summed E-state index contributed by atoms with van der Waals surface area (Å²) in [7, 11) is 1.78. The Labute approximate surface area is 156 Å². The summed E-state index contributed by atoms with van der Waals surface area (Å²) in [6.07, 6.45) is 1.93. The van der Waals surface area contributed by atoms with Crippen molar-refractivity contribution in [2.45, 2.75) is 47.1 Å². The molecule has 0 fully saturated rings. The highest BCUT2D eigenvalue weighted by atomic mass is 16.5. The number of rotatable bonds is 8. The van der Waals surface area contributed by atoms with E-state index in [1.54, 1.807) is 7.05 Å². The monoisotopic (exact) mass is 358 g/mol. The van der Waals surface area contributed by atoms with Gasteiger partial charge in [0.15, 0.2) is 5.96 Å². The van der Waals surface area contributed by atoms with Crippen molar-refractivity contribution in [1.29, 1.82) is 0 Å². The average Bonchev–Trinajstić information content (AvgIpc) is 2.94. The SMILES string of the molecule is CCOc1cc(C)ccc1CNC(=NC)NCCCc1c(C)noc1C. The number of aryl methyl sites for hydroxylation is 3. The summed E-state index contributed by atoms with van der Waals surface area (Å²) in [6, 6.07) is 6.26. The van der Waals surface area contributed by atoms with Crippen LogP contribution in [0.1, 0.15) is 41.5 Å². The molecule has 0 aliphatic carbocycles. The van der Waals surface area contributed by atoms with E-state index in [4.69, 9.17) is 9.26 Å². The zero-order valence-corrected chi connectivity index (χ0v) is 16.5. The summed E-state index contributed by atoms with van der Waals surface area (Å²) >= 11 is 0. The van der Waals surface area contributed by atoms with Crippen molar-refractivity contribution in [3.63, 3.8) is 0 Å². The second-order valence-corrected chi connectivity index (χ2v) is 6.30. The molecule has 0 unspecified atom stereocenters. The Hall–Kier alpha value is -2.50. The van der Waals surface area contributed by atoms with Gasteiger partial charge in [-0.3, -0.25) is 4.99 Å². The largest absolute Gasteiger partial charge is 0.494 e. The van der Waals surface area contributed by atoms with Gasteiger partial charge >= 0.3 is 0 Å². The minimum absolute atomic E-state index is 0.658. The van der Waals surface area contributed by atoms with Gasteiger partial charge in [-0.2, -0.15) is 0 Å². The molecule has 0 aliphatic heterocycles. The lowest BCUT2D eigenvalue weighted by Crippen LogP contribution is -2.37. The third-order valence-electron chi connectivity index (χ3n) is 4.27. The molecular weight excluding hydrogens is 328 g/mol.